The predicted molar refractivity (Wildman–Crippen MR) is 104 cm³/mol. The standard InChI is InChI=1S/C20H24N2O3S/c1-15-6-5-7-19(16(15)2)21-20(23)18-10-8-17(9-11-18)14-26(24,25)22-12-3-4-13-22/h5-11H,3-4,12-14H2,1-2H3,(H,21,23). The number of sulfonamides is 1. The van der Waals surface area contributed by atoms with E-state index in [0.717, 1.165) is 29.7 Å². The fourth-order valence-electron chi connectivity index (χ4n) is 3.10. The minimum atomic E-state index is -3.27. The zero-order valence-electron chi connectivity index (χ0n) is 15.2. The van der Waals surface area contributed by atoms with E-state index in [1.807, 2.05) is 32.0 Å². The largest absolute Gasteiger partial charge is 0.322 e. The van der Waals surface area contributed by atoms with Crippen molar-refractivity contribution >= 4 is 21.6 Å². The van der Waals surface area contributed by atoms with Crippen LogP contribution in [-0.2, 0) is 15.8 Å². The van der Waals surface area contributed by atoms with Gasteiger partial charge in [-0.2, -0.15) is 0 Å². The second-order valence-electron chi connectivity index (χ2n) is 6.76. The van der Waals surface area contributed by atoms with Crippen molar-refractivity contribution in [2.24, 2.45) is 0 Å². The summed E-state index contributed by atoms with van der Waals surface area (Å²) in [4.78, 5) is 12.4. The molecule has 0 atom stereocenters. The van der Waals surface area contributed by atoms with E-state index in [4.69, 9.17) is 0 Å². The monoisotopic (exact) mass is 372 g/mol. The van der Waals surface area contributed by atoms with E-state index in [2.05, 4.69) is 5.32 Å². The molecule has 5 nitrogen and oxygen atoms in total. The maximum absolute atomic E-state index is 12.4. The van der Waals surface area contributed by atoms with Gasteiger partial charge in [-0.05, 0) is 61.6 Å². The molecular weight excluding hydrogens is 348 g/mol. The molecule has 2 aromatic rings. The molecule has 6 heteroatoms. The summed E-state index contributed by atoms with van der Waals surface area (Å²) in [6, 6.07) is 12.6. The first-order valence-corrected chi connectivity index (χ1v) is 10.4. The number of rotatable bonds is 5. The van der Waals surface area contributed by atoms with Crippen molar-refractivity contribution in [2.45, 2.75) is 32.4 Å². The van der Waals surface area contributed by atoms with Gasteiger partial charge in [0.05, 0.1) is 5.75 Å². The number of nitrogens with one attached hydrogen (secondary N) is 1. The average Bonchev–Trinajstić information content (AvgIpc) is 3.15. The Morgan fingerprint density at radius 2 is 1.69 bits per heavy atom. The van der Waals surface area contributed by atoms with Crippen molar-refractivity contribution in [3.8, 4) is 0 Å². The molecule has 1 saturated heterocycles. The second kappa shape index (κ2) is 7.60. The van der Waals surface area contributed by atoms with Crippen molar-refractivity contribution in [3.05, 3.63) is 64.7 Å². The highest BCUT2D eigenvalue weighted by Crippen LogP contribution is 2.20. The lowest BCUT2D eigenvalue weighted by Gasteiger charge is -2.15. The smallest absolute Gasteiger partial charge is 0.255 e. The molecule has 26 heavy (non-hydrogen) atoms. The summed E-state index contributed by atoms with van der Waals surface area (Å²) in [6.07, 6.45) is 1.85. The number of anilines is 1. The van der Waals surface area contributed by atoms with Crippen LogP contribution in [0.3, 0.4) is 0 Å². The number of aryl methyl sites for hydroxylation is 1. The lowest BCUT2D eigenvalue weighted by atomic mass is 10.1. The number of hydrogen-bond acceptors (Lipinski definition) is 3. The van der Waals surface area contributed by atoms with E-state index in [1.165, 1.54) is 0 Å². The maximum atomic E-state index is 12.4. The Kier molecular flexibility index (Phi) is 5.44. The molecule has 1 aliphatic heterocycles. The van der Waals surface area contributed by atoms with Gasteiger partial charge in [-0.25, -0.2) is 12.7 Å². The molecule has 0 aromatic heterocycles. The zero-order valence-corrected chi connectivity index (χ0v) is 16.0. The van der Waals surface area contributed by atoms with Gasteiger partial charge in [-0.1, -0.05) is 24.3 Å². The highest BCUT2D eigenvalue weighted by molar-refractivity contribution is 7.88. The van der Waals surface area contributed by atoms with Crippen molar-refractivity contribution in [1.82, 2.24) is 4.31 Å². The first-order chi connectivity index (χ1) is 12.4. The number of amides is 1. The predicted octanol–water partition coefficient (Wildman–Crippen LogP) is 3.48. The first-order valence-electron chi connectivity index (χ1n) is 8.81. The molecule has 1 fully saturated rings. The summed E-state index contributed by atoms with van der Waals surface area (Å²) >= 11 is 0. The van der Waals surface area contributed by atoms with Crippen LogP contribution in [0.15, 0.2) is 42.5 Å². The van der Waals surface area contributed by atoms with Crippen molar-refractivity contribution < 1.29 is 13.2 Å². The van der Waals surface area contributed by atoms with Crippen LogP contribution < -0.4 is 5.32 Å². The average molecular weight is 372 g/mol. The van der Waals surface area contributed by atoms with Crippen LogP contribution in [0.5, 0.6) is 0 Å². The fraction of sp³-hybridized carbons (Fsp3) is 0.350. The maximum Gasteiger partial charge on any atom is 0.255 e. The number of hydrogen-bond donors (Lipinski definition) is 1. The highest BCUT2D eigenvalue weighted by atomic mass is 32.2. The van der Waals surface area contributed by atoms with Gasteiger partial charge in [0, 0.05) is 24.3 Å². The third-order valence-electron chi connectivity index (χ3n) is 4.88. The Morgan fingerprint density at radius 1 is 1.04 bits per heavy atom. The van der Waals surface area contributed by atoms with Gasteiger partial charge < -0.3 is 5.32 Å². The lowest BCUT2D eigenvalue weighted by molar-refractivity contribution is 0.102. The van der Waals surface area contributed by atoms with Gasteiger partial charge in [0.15, 0.2) is 0 Å². The molecule has 2 aromatic carbocycles. The van der Waals surface area contributed by atoms with E-state index in [-0.39, 0.29) is 11.7 Å². The van der Waals surface area contributed by atoms with E-state index in [0.29, 0.717) is 24.2 Å². The topological polar surface area (TPSA) is 66.5 Å². The van der Waals surface area contributed by atoms with Crippen LogP contribution in [0.4, 0.5) is 5.69 Å². The van der Waals surface area contributed by atoms with Crippen LogP contribution in [0.25, 0.3) is 0 Å². The third-order valence-corrected chi connectivity index (χ3v) is 6.73. The molecule has 1 N–H and O–H groups in total. The van der Waals surface area contributed by atoms with E-state index in [9.17, 15) is 13.2 Å². The van der Waals surface area contributed by atoms with Crippen LogP contribution in [-0.4, -0.2) is 31.7 Å². The summed E-state index contributed by atoms with van der Waals surface area (Å²) in [7, 11) is -3.27. The highest BCUT2D eigenvalue weighted by Gasteiger charge is 2.25. The van der Waals surface area contributed by atoms with Crippen molar-refractivity contribution in [3.63, 3.8) is 0 Å². The van der Waals surface area contributed by atoms with E-state index in [1.54, 1.807) is 28.6 Å². The van der Waals surface area contributed by atoms with Crippen LogP contribution >= 0.6 is 0 Å². The quantitative estimate of drug-likeness (QED) is 0.874. The zero-order chi connectivity index (χ0) is 18.7. The SMILES string of the molecule is Cc1cccc(NC(=O)c2ccc(CS(=O)(=O)N3CCCC3)cc2)c1C. The van der Waals surface area contributed by atoms with Gasteiger partial charge in [0.2, 0.25) is 10.0 Å². The lowest BCUT2D eigenvalue weighted by Crippen LogP contribution is -2.29. The molecular formula is C20H24N2O3S. The molecule has 0 aliphatic carbocycles. The Morgan fingerprint density at radius 3 is 2.35 bits per heavy atom. The number of nitrogens with zero attached hydrogens (tertiary/aromatic N) is 1. The van der Waals surface area contributed by atoms with Crippen LogP contribution in [0.2, 0.25) is 0 Å². The molecule has 0 saturated carbocycles. The molecule has 138 valence electrons. The van der Waals surface area contributed by atoms with Gasteiger partial charge >= 0.3 is 0 Å². The minimum absolute atomic E-state index is 0.0219. The molecule has 0 spiro atoms. The van der Waals surface area contributed by atoms with Gasteiger partial charge in [-0.3, -0.25) is 4.79 Å². The van der Waals surface area contributed by atoms with Crippen LogP contribution in [0.1, 0.15) is 39.9 Å². The summed E-state index contributed by atoms with van der Waals surface area (Å²) in [5.74, 6) is -0.223. The Labute approximate surface area is 155 Å². The molecule has 0 unspecified atom stereocenters. The molecule has 0 bridgehead atoms. The fourth-order valence-corrected chi connectivity index (χ4v) is 4.71. The number of benzene rings is 2. The Balaban J connectivity index is 1.69. The van der Waals surface area contributed by atoms with Gasteiger partial charge in [-0.15, -0.1) is 0 Å². The summed E-state index contributed by atoms with van der Waals surface area (Å²) < 4.78 is 26.3. The number of carbonyl (C=O) groups excluding carboxylic acids is 1. The third kappa shape index (κ3) is 4.14. The summed E-state index contributed by atoms with van der Waals surface area (Å²) in [5, 5.41) is 2.91. The molecule has 3 rings (SSSR count). The second-order valence-corrected chi connectivity index (χ2v) is 8.73. The Hall–Kier alpha value is -2.18. The summed E-state index contributed by atoms with van der Waals surface area (Å²) in [5.41, 5.74) is 4.14. The summed E-state index contributed by atoms with van der Waals surface area (Å²) in [6.45, 7) is 5.19. The Bertz CT molecular complexity index is 899. The van der Waals surface area contributed by atoms with E-state index < -0.39 is 10.0 Å². The molecule has 0 radical (unpaired) electrons. The molecule has 1 amide bonds. The molecule has 1 heterocycles. The van der Waals surface area contributed by atoms with E-state index >= 15 is 0 Å². The minimum Gasteiger partial charge on any atom is -0.322 e. The first kappa shape index (κ1) is 18.6. The van der Waals surface area contributed by atoms with Gasteiger partial charge in [0.25, 0.3) is 5.91 Å². The van der Waals surface area contributed by atoms with Gasteiger partial charge in [0.1, 0.15) is 0 Å². The van der Waals surface area contributed by atoms with Crippen molar-refractivity contribution in [2.75, 3.05) is 18.4 Å². The van der Waals surface area contributed by atoms with Crippen molar-refractivity contribution in [1.29, 1.82) is 0 Å². The number of carbonyl (C=O) groups is 1. The molecule has 1 aliphatic rings. The van der Waals surface area contributed by atoms with Crippen LogP contribution in [0, 0.1) is 13.8 Å². The normalized spacial score (nSPS) is 15.2.